The second kappa shape index (κ2) is 4.19. The molecule has 1 unspecified atom stereocenters. The number of rotatable bonds is 3. The molecule has 0 aliphatic rings. The lowest BCUT2D eigenvalue weighted by Gasteiger charge is -1.99. The molecular formula is C5H11NS. The Kier molecular flexibility index (Phi) is 4.20. The van der Waals surface area contributed by atoms with Crippen LogP contribution in [0.3, 0.4) is 0 Å². The van der Waals surface area contributed by atoms with E-state index in [4.69, 9.17) is 5.41 Å². The van der Waals surface area contributed by atoms with Gasteiger partial charge in [-0.05, 0) is 18.9 Å². The van der Waals surface area contributed by atoms with E-state index in [0.29, 0.717) is 5.25 Å². The maximum atomic E-state index is 6.70. The minimum Gasteiger partial charge on any atom is -0.313 e. The molecule has 0 saturated carbocycles. The third-order valence-corrected chi connectivity index (χ3v) is 1.85. The van der Waals surface area contributed by atoms with Gasteiger partial charge in [0.05, 0.1) is 0 Å². The molecule has 0 aliphatic heterocycles. The van der Waals surface area contributed by atoms with Crippen LogP contribution in [0, 0.1) is 5.41 Å². The summed E-state index contributed by atoms with van der Waals surface area (Å²) < 4.78 is 0. The Hall–Kier alpha value is 0.0200. The topological polar surface area (TPSA) is 23.9 Å². The van der Waals surface area contributed by atoms with Crippen molar-refractivity contribution in [2.45, 2.75) is 18.6 Å². The molecule has 7 heavy (non-hydrogen) atoms. The number of hydrogen-bond acceptors (Lipinski definition) is 2. The molecule has 0 bridgehead atoms. The van der Waals surface area contributed by atoms with Crippen LogP contribution in [0.4, 0.5) is 0 Å². The molecule has 0 amide bonds. The maximum Gasteiger partial charge on any atom is 0.00651 e. The summed E-state index contributed by atoms with van der Waals surface area (Å²) in [4.78, 5) is 0. The minimum absolute atomic E-state index is 0.623. The van der Waals surface area contributed by atoms with Crippen molar-refractivity contribution in [1.82, 2.24) is 0 Å². The zero-order chi connectivity index (χ0) is 5.70. The fourth-order valence-corrected chi connectivity index (χ4v) is 0.551. The second-order valence-corrected chi connectivity index (χ2v) is 2.76. The van der Waals surface area contributed by atoms with Crippen molar-refractivity contribution >= 4 is 18.0 Å². The lowest BCUT2D eigenvalue weighted by atomic mass is 10.4. The van der Waals surface area contributed by atoms with Gasteiger partial charge in [0.1, 0.15) is 0 Å². The van der Waals surface area contributed by atoms with Gasteiger partial charge in [0.2, 0.25) is 0 Å². The lowest BCUT2D eigenvalue weighted by Crippen LogP contribution is -1.93. The van der Waals surface area contributed by atoms with Crippen LogP contribution in [-0.2, 0) is 0 Å². The zero-order valence-electron chi connectivity index (χ0n) is 4.77. The van der Waals surface area contributed by atoms with Gasteiger partial charge in [-0.2, -0.15) is 11.8 Å². The number of thioether (sulfide) groups is 1. The molecular weight excluding hydrogens is 106 g/mol. The van der Waals surface area contributed by atoms with E-state index in [2.05, 4.69) is 13.2 Å². The van der Waals surface area contributed by atoms with Crippen molar-refractivity contribution in [2.75, 3.05) is 6.26 Å². The van der Waals surface area contributed by atoms with Gasteiger partial charge in [-0.15, -0.1) is 0 Å². The van der Waals surface area contributed by atoms with Gasteiger partial charge in [-0.25, -0.2) is 0 Å². The Balaban J connectivity index is 2.98. The molecule has 0 aromatic rings. The summed E-state index contributed by atoms with van der Waals surface area (Å²) in [5.41, 5.74) is 0. The molecule has 1 N–H and O–H groups in total. The van der Waals surface area contributed by atoms with E-state index in [1.807, 2.05) is 0 Å². The Morgan fingerprint density at radius 3 is 2.57 bits per heavy atom. The Morgan fingerprint density at radius 2 is 2.43 bits per heavy atom. The average Bonchev–Trinajstić information content (AvgIpc) is 1.68. The number of nitrogens with one attached hydrogen (secondary N) is 1. The van der Waals surface area contributed by atoms with Gasteiger partial charge in [0.25, 0.3) is 0 Å². The highest BCUT2D eigenvalue weighted by Crippen LogP contribution is 2.06. The standard InChI is InChI=1S/C5H11NS/c1-5(7-2)3-4-6/h4-6H,3H2,1-2H3. The molecule has 0 aliphatic carbocycles. The maximum absolute atomic E-state index is 6.70. The minimum atomic E-state index is 0.623. The summed E-state index contributed by atoms with van der Waals surface area (Å²) in [6, 6.07) is 0. The highest BCUT2D eigenvalue weighted by Gasteiger charge is 1.91. The van der Waals surface area contributed by atoms with Crippen LogP contribution >= 0.6 is 11.8 Å². The first kappa shape index (κ1) is 7.02. The molecule has 42 valence electrons. The van der Waals surface area contributed by atoms with Crippen LogP contribution in [0.5, 0.6) is 0 Å². The molecule has 1 atom stereocenters. The quantitative estimate of drug-likeness (QED) is 0.560. The van der Waals surface area contributed by atoms with Crippen molar-refractivity contribution < 1.29 is 0 Å². The van der Waals surface area contributed by atoms with Crippen molar-refractivity contribution in [1.29, 1.82) is 5.41 Å². The highest BCUT2D eigenvalue weighted by atomic mass is 32.2. The second-order valence-electron chi connectivity index (χ2n) is 1.49. The third-order valence-electron chi connectivity index (χ3n) is 0.852. The molecule has 0 saturated heterocycles. The first-order valence-corrected chi connectivity index (χ1v) is 3.61. The Labute approximate surface area is 49.0 Å². The predicted octanol–water partition coefficient (Wildman–Crippen LogP) is 1.78. The fraction of sp³-hybridized carbons (Fsp3) is 0.800. The molecule has 0 heterocycles. The summed E-state index contributed by atoms with van der Waals surface area (Å²) >= 11 is 1.80. The van der Waals surface area contributed by atoms with E-state index in [0.717, 1.165) is 6.42 Å². The smallest absolute Gasteiger partial charge is 0.00651 e. The molecule has 2 heteroatoms. The van der Waals surface area contributed by atoms with E-state index < -0.39 is 0 Å². The first-order chi connectivity index (χ1) is 3.31. The van der Waals surface area contributed by atoms with Gasteiger partial charge in [0, 0.05) is 5.25 Å². The van der Waals surface area contributed by atoms with Crippen LogP contribution < -0.4 is 0 Å². The first-order valence-electron chi connectivity index (χ1n) is 2.33. The van der Waals surface area contributed by atoms with Gasteiger partial charge in [0.15, 0.2) is 0 Å². The van der Waals surface area contributed by atoms with Crippen LogP contribution in [0.2, 0.25) is 0 Å². The largest absolute Gasteiger partial charge is 0.313 e. The van der Waals surface area contributed by atoms with Crippen LogP contribution in [0.1, 0.15) is 13.3 Å². The Morgan fingerprint density at radius 1 is 1.86 bits per heavy atom. The summed E-state index contributed by atoms with van der Waals surface area (Å²) in [7, 11) is 0. The molecule has 1 nitrogen and oxygen atoms in total. The van der Waals surface area contributed by atoms with E-state index in [1.165, 1.54) is 6.21 Å². The third kappa shape index (κ3) is 3.86. The summed E-state index contributed by atoms with van der Waals surface area (Å²) in [6.07, 6.45) is 4.43. The van der Waals surface area contributed by atoms with Gasteiger partial charge < -0.3 is 5.41 Å². The van der Waals surface area contributed by atoms with Crippen LogP contribution in [0.25, 0.3) is 0 Å². The summed E-state index contributed by atoms with van der Waals surface area (Å²) in [6.45, 7) is 2.12. The van der Waals surface area contributed by atoms with E-state index in [-0.39, 0.29) is 0 Å². The molecule has 0 spiro atoms. The summed E-state index contributed by atoms with van der Waals surface area (Å²) in [5.74, 6) is 0. The normalized spacial score (nSPS) is 13.4. The van der Waals surface area contributed by atoms with Crippen molar-refractivity contribution in [3.63, 3.8) is 0 Å². The Bertz CT molecular complexity index is 54.0. The monoisotopic (exact) mass is 117 g/mol. The van der Waals surface area contributed by atoms with Crippen molar-refractivity contribution in [3.05, 3.63) is 0 Å². The van der Waals surface area contributed by atoms with Gasteiger partial charge >= 0.3 is 0 Å². The molecule has 0 aromatic heterocycles. The summed E-state index contributed by atoms with van der Waals surface area (Å²) in [5, 5.41) is 7.32. The highest BCUT2D eigenvalue weighted by molar-refractivity contribution is 7.99. The van der Waals surface area contributed by atoms with Gasteiger partial charge in [-0.3, -0.25) is 0 Å². The SMILES string of the molecule is CSC(C)CC=N. The van der Waals surface area contributed by atoms with Crippen molar-refractivity contribution in [3.8, 4) is 0 Å². The molecule has 0 fully saturated rings. The average molecular weight is 117 g/mol. The predicted molar refractivity (Wildman–Crippen MR) is 36.4 cm³/mol. The van der Waals surface area contributed by atoms with E-state index in [1.54, 1.807) is 11.8 Å². The van der Waals surface area contributed by atoms with Crippen LogP contribution in [-0.4, -0.2) is 17.7 Å². The van der Waals surface area contributed by atoms with E-state index in [9.17, 15) is 0 Å². The molecule has 0 aromatic carbocycles. The molecule has 0 radical (unpaired) electrons. The van der Waals surface area contributed by atoms with Crippen molar-refractivity contribution in [2.24, 2.45) is 0 Å². The fourth-order valence-electron chi connectivity index (χ4n) is 0.262. The number of hydrogen-bond donors (Lipinski definition) is 1. The van der Waals surface area contributed by atoms with E-state index >= 15 is 0 Å². The van der Waals surface area contributed by atoms with Gasteiger partial charge in [-0.1, -0.05) is 6.92 Å². The zero-order valence-corrected chi connectivity index (χ0v) is 5.59. The lowest BCUT2D eigenvalue weighted by molar-refractivity contribution is 1.03. The van der Waals surface area contributed by atoms with Crippen LogP contribution in [0.15, 0.2) is 0 Å². The molecule has 0 rings (SSSR count).